The standard InChI is InChI=1S/C25H38O6/c1-14(21(27)30-5)25(28)20(31-13-26)11-18-16-10-19(29-4)24-12-15(24)6-8-22(24,2)17(16)7-9-23(18,25)3/h13-20,28H,6-12H2,1-5H3/t14-,15-,16-,17+,18+,19-,20+,22-,23+,24+,25-/m1/s1. The van der Waals surface area contributed by atoms with Gasteiger partial charge in [0.05, 0.1) is 19.1 Å². The van der Waals surface area contributed by atoms with Crippen molar-refractivity contribution in [3.63, 3.8) is 0 Å². The molecule has 0 aromatic heterocycles. The maximum Gasteiger partial charge on any atom is 0.311 e. The van der Waals surface area contributed by atoms with Gasteiger partial charge in [0.15, 0.2) is 0 Å². The lowest BCUT2D eigenvalue weighted by molar-refractivity contribution is -0.212. The predicted octanol–water partition coefficient (Wildman–Crippen LogP) is 3.35. The van der Waals surface area contributed by atoms with Crippen molar-refractivity contribution < 1.29 is 28.9 Å². The quantitative estimate of drug-likeness (QED) is 0.528. The van der Waals surface area contributed by atoms with Crippen molar-refractivity contribution in [1.29, 1.82) is 0 Å². The molecular formula is C25H38O6. The second-order valence-corrected chi connectivity index (χ2v) is 11.7. The molecule has 0 unspecified atom stereocenters. The summed E-state index contributed by atoms with van der Waals surface area (Å²) in [6.45, 7) is 6.76. The molecule has 174 valence electrons. The fourth-order valence-corrected chi connectivity index (χ4v) is 9.97. The van der Waals surface area contributed by atoms with Gasteiger partial charge < -0.3 is 19.3 Å². The second-order valence-electron chi connectivity index (χ2n) is 11.7. The lowest BCUT2D eigenvalue weighted by atomic mass is 9.44. The van der Waals surface area contributed by atoms with Crippen molar-refractivity contribution in [2.45, 2.75) is 83.5 Å². The second kappa shape index (κ2) is 6.69. The molecule has 5 aliphatic rings. The summed E-state index contributed by atoms with van der Waals surface area (Å²) in [4.78, 5) is 23.9. The van der Waals surface area contributed by atoms with Crippen LogP contribution >= 0.6 is 0 Å². The van der Waals surface area contributed by atoms with Gasteiger partial charge in [-0.2, -0.15) is 0 Å². The van der Waals surface area contributed by atoms with Crippen molar-refractivity contribution in [2.24, 2.45) is 45.8 Å². The van der Waals surface area contributed by atoms with Gasteiger partial charge in [0, 0.05) is 17.9 Å². The molecule has 0 bridgehead atoms. The topological polar surface area (TPSA) is 82.1 Å². The molecule has 0 aliphatic heterocycles. The first-order chi connectivity index (χ1) is 14.7. The highest BCUT2D eigenvalue weighted by atomic mass is 16.5. The number of carbonyl (C=O) groups excluding carboxylic acids is 2. The third kappa shape index (κ3) is 2.31. The molecule has 0 radical (unpaired) electrons. The monoisotopic (exact) mass is 434 g/mol. The first kappa shape index (κ1) is 21.7. The van der Waals surface area contributed by atoms with Crippen molar-refractivity contribution in [3.05, 3.63) is 0 Å². The minimum Gasteiger partial charge on any atom is -0.469 e. The van der Waals surface area contributed by atoms with Crippen LogP contribution in [0.4, 0.5) is 0 Å². The van der Waals surface area contributed by atoms with Crippen LogP contribution in [0.2, 0.25) is 0 Å². The summed E-state index contributed by atoms with van der Waals surface area (Å²) in [5, 5.41) is 12.1. The third-order valence-electron chi connectivity index (χ3n) is 11.5. The largest absolute Gasteiger partial charge is 0.469 e. The Balaban J connectivity index is 1.55. The van der Waals surface area contributed by atoms with E-state index in [-0.39, 0.29) is 17.4 Å². The van der Waals surface area contributed by atoms with Crippen LogP contribution in [-0.4, -0.2) is 49.6 Å². The molecule has 31 heavy (non-hydrogen) atoms. The summed E-state index contributed by atoms with van der Waals surface area (Å²) >= 11 is 0. The highest BCUT2D eigenvalue weighted by molar-refractivity contribution is 5.74. The van der Waals surface area contributed by atoms with Gasteiger partial charge in [-0.25, -0.2) is 0 Å². The molecule has 5 saturated carbocycles. The SMILES string of the molecule is COC(=O)[C@@H](C)[C@@]1(O)[C@@H](OC=O)C[C@H]2[C@@H]3C[C@@H](OC)[C@]45C[C@H]4CC[C@]5(C)[C@H]3CC[C@@]21C. The van der Waals surface area contributed by atoms with Gasteiger partial charge in [-0.3, -0.25) is 9.59 Å². The lowest BCUT2D eigenvalue weighted by Crippen LogP contribution is -2.62. The molecule has 5 fully saturated rings. The number of carbonyl (C=O) groups is 2. The Labute approximate surface area is 185 Å². The number of esters is 1. The van der Waals surface area contributed by atoms with Crippen molar-refractivity contribution in [3.8, 4) is 0 Å². The molecule has 1 N–H and O–H groups in total. The van der Waals surface area contributed by atoms with E-state index in [0.717, 1.165) is 25.2 Å². The molecule has 0 aromatic rings. The van der Waals surface area contributed by atoms with Gasteiger partial charge in [-0.05, 0) is 81.0 Å². The molecule has 5 aliphatic carbocycles. The Morgan fingerprint density at radius 1 is 1.06 bits per heavy atom. The van der Waals surface area contributed by atoms with Gasteiger partial charge in [0.1, 0.15) is 11.7 Å². The Hall–Kier alpha value is -1.14. The van der Waals surface area contributed by atoms with E-state index in [1.807, 2.05) is 7.11 Å². The third-order valence-corrected chi connectivity index (χ3v) is 11.5. The van der Waals surface area contributed by atoms with Gasteiger partial charge in [-0.15, -0.1) is 0 Å². The number of ether oxygens (including phenoxy) is 3. The first-order valence-corrected chi connectivity index (χ1v) is 12.1. The highest BCUT2D eigenvalue weighted by Gasteiger charge is 2.79. The minimum absolute atomic E-state index is 0.179. The molecular weight excluding hydrogens is 396 g/mol. The van der Waals surface area contributed by atoms with Crippen LogP contribution in [0, 0.1) is 45.8 Å². The van der Waals surface area contributed by atoms with Gasteiger partial charge in [0.25, 0.3) is 6.47 Å². The zero-order chi connectivity index (χ0) is 22.4. The maximum atomic E-state index is 12.6. The number of hydrogen-bond donors (Lipinski definition) is 1. The summed E-state index contributed by atoms with van der Waals surface area (Å²) in [5.74, 6) is 0.761. The Morgan fingerprint density at radius 3 is 2.39 bits per heavy atom. The van der Waals surface area contributed by atoms with Gasteiger partial charge >= 0.3 is 5.97 Å². The van der Waals surface area contributed by atoms with E-state index in [1.165, 1.54) is 26.4 Å². The number of aliphatic hydroxyl groups is 1. The summed E-state index contributed by atoms with van der Waals surface area (Å²) in [7, 11) is 3.21. The average Bonchev–Trinajstić information content (AvgIpc) is 3.35. The number of methoxy groups -OCH3 is 2. The van der Waals surface area contributed by atoms with Gasteiger partial charge in [-0.1, -0.05) is 13.8 Å². The molecule has 6 nitrogen and oxygen atoms in total. The van der Waals surface area contributed by atoms with Crippen molar-refractivity contribution in [2.75, 3.05) is 14.2 Å². The van der Waals surface area contributed by atoms with Crippen LogP contribution < -0.4 is 0 Å². The van der Waals surface area contributed by atoms with E-state index < -0.39 is 29.0 Å². The Kier molecular flexibility index (Phi) is 4.68. The molecule has 0 aromatic carbocycles. The molecule has 11 atom stereocenters. The Morgan fingerprint density at radius 2 is 1.77 bits per heavy atom. The fraction of sp³-hybridized carbons (Fsp3) is 0.920. The summed E-state index contributed by atoms with van der Waals surface area (Å²) in [5.41, 5.74) is -1.34. The number of fused-ring (bicyclic) bond motifs is 4. The summed E-state index contributed by atoms with van der Waals surface area (Å²) in [6.07, 6.45) is 6.91. The van der Waals surface area contributed by atoms with Crippen LogP contribution in [-0.2, 0) is 23.8 Å². The Bertz CT molecular complexity index is 784. The highest BCUT2D eigenvalue weighted by Crippen LogP contribution is 2.82. The molecule has 5 rings (SSSR count). The lowest BCUT2D eigenvalue weighted by Gasteiger charge is -2.61. The maximum absolute atomic E-state index is 12.6. The van der Waals surface area contributed by atoms with Crippen LogP contribution in [0.5, 0.6) is 0 Å². The fourth-order valence-electron chi connectivity index (χ4n) is 9.97. The van der Waals surface area contributed by atoms with Crippen molar-refractivity contribution >= 4 is 12.4 Å². The molecule has 1 spiro atoms. The van der Waals surface area contributed by atoms with Crippen molar-refractivity contribution in [1.82, 2.24) is 0 Å². The summed E-state index contributed by atoms with van der Waals surface area (Å²) in [6, 6.07) is 0. The molecule has 0 saturated heterocycles. The smallest absolute Gasteiger partial charge is 0.311 e. The van der Waals surface area contributed by atoms with E-state index in [2.05, 4.69) is 13.8 Å². The number of hydrogen-bond acceptors (Lipinski definition) is 6. The predicted molar refractivity (Wildman–Crippen MR) is 113 cm³/mol. The first-order valence-electron chi connectivity index (χ1n) is 12.1. The zero-order valence-electron chi connectivity index (χ0n) is 19.6. The van der Waals surface area contributed by atoms with Gasteiger partial charge in [0.2, 0.25) is 0 Å². The van der Waals surface area contributed by atoms with E-state index in [9.17, 15) is 14.7 Å². The normalized spacial score (nSPS) is 55.3. The van der Waals surface area contributed by atoms with Crippen LogP contribution in [0.1, 0.15) is 65.7 Å². The van der Waals surface area contributed by atoms with Crippen LogP contribution in [0.15, 0.2) is 0 Å². The van der Waals surface area contributed by atoms with E-state index in [0.29, 0.717) is 30.1 Å². The van der Waals surface area contributed by atoms with E-state index in [4.69, 9.17) is 14.2 Å². The zero-order valence-corrected chi connectivity index (χ0v) is 19.6. The average molecular weight is 435 g/mol. The van der Waals surface area contributed by atoms with E-state index in [1.54, 1.807) is 6.92 Å². The van der Waals surface area contributed by atoms with Crippen LogP contribution in [0.25, 0.3) is 0 Å². The summed E-state index contributed by atoms with van der Waals surface area (Å²) < 4.78 is 16.7. The number of rotatable bonds is 5. The minimum atomic E-state index is -1.44. The van der Waals surface area contributed by atoms with Crippen LogP contribution in [0.3, 0.4) is 0 Å². The molecule has 0 heterocycles. The molecule has 0 amide bonds. The van der Waals surface area contributed by atoms with E-state index >= 15 is 0 Å². The molecule has 6 heteroatoms.